The van der Waals surface area contributed by atoms with Crippen LogP contribution in [0.1, 0.15) is 24.8 Å². The monoisotopic (exact) mass is 398 g/mol. The van der Waals surface area contributed by atoms with Gasteiger partial charge in [-0.25, -0.2) is 4.68 Å². The van der Waals surface area contributed by atoms with Crippen molar-refractivity contribution in [2.45, 2.75) is 32.4 Å². The highest BCUT2D eigenvalue weighted by Gasteiger charge is 2.22. The Balaban J connectivity index is 1.49. The highest BCUT2D eigenvalue weighted by Crippen LogP contribution is 2.33. The number of ether oxygens (including phenoxy) is 2. The molecule has 2 aromatic rings. The quantitative estimate of drug-likeness (QED) is 0.780. The van der Waals surface area contributed by atoms with E-state index in [0.29, 0.717) is 37.6 Å². The molecule has 1 saturated heterocycles. The number of fused-ring (bicyclic) bond motifs is 1. The molecule has 1 fully saturated rings. The second-order valence-corrected chi connectivity index (χ2v) is 7.37. The molecule has 0 N–H and O–H groups in total. The van der Waals surface area contributed by atoms with Crippen LogP contribution in [-0.2, 0) is 17.9 Å². The Morgan fingerprint density at radius 1 is 1.21 bits per heavy atom. The lowest BCUT2D eigenvalue weighted by Crippen LogP contribution is -2.39. The summed E-state index contributed by atoms with van der Waals surface area (Å²) in [7, 11) is 1.60. The van der Waals surface area contributed by atoms with Crippen LogP contribution in [0.2, 0.25) is 0 Å². The molecular formula is C21H26N4O4. The first-order valence-electron chi connectivity index (χ1n) is 10.0. The normalized spacial score (nSPS) is 16.6. The van der Waals surface area contributed by atoms with Crippen LogP contribution in [-0.4, -0.2) is 53.9 Å². The number of carbonyl (C=O) groups excluding carboxylic acids is 1. The SMILES string of the molecule is COc1cccc2c1OCCCN(C(=O)Cn1ncc(N3CCCC3)cc1=O)C2. The minimum Gasteiger partial charge on any atom is -0.493 e. The predicted molar refractivity (Wildman–Crippen MR) is 108 cm³/mol. The number of anilines is 1. The van der Waals surface area contributed by atoms with Crippen LogP contribution in [0, 0.1) is 0 Å². The van der Waals surface area contributed by atoms with Gasteiger partial charge in [0.2, 0.25) is 5.91 Å². The van der Waals surface area contributed by atoms with Crippen LogP contribution >= 0.6 is 0 Å². The third-order valence-electron chi connectivity index (χ3n) is 5.42. The lowest BCUT2D eigenvalue weighted by atomic mass is 10.1. The Morgan fingerprint density at radius 2 is 2.03 bits per heavy atom. The van der Waals surface area contributed by atoms with E-state index in [0.717, 1.165) is 37.2 Å². The Bertz CT molecular complexity index is 937. The van der Waals surface area contributed by atoms with Gasteiger partial charge in [0.15, 0.2) is 11.5 Å². The van der Waals surface area contributed by atoms with Gasteiger partial charge in [0.25, 0.3) is 5.56 Å². The molecule has 0 unspecified atom stereocenters. The van der Waals surface area contributed by atoms with Crippen LogP contribution in [0.5, 0.6) is 11.5 Å². The first-order chi connectivity index (χ1) is 14.2. The fourth-order valence-electron chi connectivity index (χ4n) is 3.86. The molecule has 1 amide bonds. The minimum atomic E-state index is -0.250. The van der Waals surface area contributed by atoms with Gasteiger partial charge in [-0.2, -0.15) is 5.10 Å². The molecule has 8 nitrogen and oxygen atoms in total. The molecule has 3 heterocycles. The number of para-hydroxylation sites is 1. The van der Waals surface area contributed by atoms with Crippen LogP contribution in [0.25, 0.3) is 0 Å². The van der Waals surface area contributed by atoms with Crippen molar-refractivity contribution in [3.63, 3.8) is 0 Å². The summed E-state index contributed by atoms with van der Waals surface area (Å²) in [5.41, 5.74) is 1.47. The smallest absolute Gasteiger partial charge is 0.269 e. The van der Waals surface area contributed by atoms with Crippen molar-refractivity contribution in [2.24, 2.45) is 0 Å². The highest BCUT2D eigenvalue weighted by atomic mass is 16.5. The Labute approximate surface area is 169 Å². The number of hydrogen-bond acceptors (Lipinski definition) is 6. The van der Waals surface area contributed by atoms with E-state index >= 15 is 0 Å². The van der Waals surface area contributed by atoms with Gasteiger partial charge in [-0.15, -0.1) is 0 Å². The van der Waals surface area contributed by atoms with Gasteiger partial charge in [0.05, 0.1) is 25.6 Å². The lowest BCUT2D eigenvalue weighted by Gasteiger charge is -2.27. The van der Waals surface area contributed by atoms with E-state index < -0.39 is 0 Å². The summed E-state index contributed by atoms with van der Waals surface area (Å²) >= 11 is 0. The van der Waals surface area contributed by atoms with Gasteiger partial charge in [-0.3, -0.25) is 9.59 Å². The van der Waals surface area contributed by atoms with Crippen molar-refractivity contribution in [3.8, 4) is 11.5 Å². The van der Waals surface area contributed by atoms with Crippen molar-refractivity contribution >= 4 is 11.6 Å². The topological polar surface area (TPSA) is 76.9 Å². The number of amides is 1. The first kappa shape index (κ1) is 19.3. The number of carbonyl (C=O) groups is 1. The largest absolute Gasteiger partial charge is 0.493 e. The molecular weight excluding hydrogens is 372 g/mol. The van der Waals surface area contributed by atoms with Crippen LogP contribution in [0.3, 0.4) is 0 Å². The zero-order valence-electron chi connectivity index (χ0n) is 16.7. The molecule has 0 aliphatic carbocycles. The number of benzene rings is 1. The molecule has 2 aliphatic rings. The molecule has 0 spiro atoms. The van der Waals surface area contributed by atoms with Crippen molar-refractivity contribution in [2.75, 3.05) is 38.3 Å². The third-order valence-corrected chi connectivity index (χ3v) is 5.42. The summed E-state index contributed by atoms with van der Waals surface area (Å²) in [5.74, 6) is 1.20. The summed E-state index contributed by atoms with van der Waals surface area (Å²) in [6.45, 7) is 3.30. The second-order valence-electron chi connectivity index (χ2n) is 7.37. The molecule has 4 rings (SSSR count). The number of rotatable bonds is 4. The fourth-order valence-corrected chi connectivity index (χ4v) is 3.86. The van der Waals surface area contributed by atoms with Gasteiger partial charge in [0, 0.05) is 37.8 Å². The van der Waals surface area contributed by atoms with Crippen LogP contribution in [0.4, 0.5) is 5.69 Å². The van der Waals surface area contributed by atoms with E-state index in [1.807, 2.05) is 18.2 Å². The average molecular weight is 398 g/mol. The summed E-state index contributed by atoms with van der Waals surface area (Å²) in [4.78, 5) is 29.3. The van der Waals surface area contributed by atoms with E-state index in [2.05, 4.69) is 10.00 Å². The zero-order chi connectivity index (χ0) is 20.2. The number of aromatic nitrogens is 2. The molecule has 8 heteroatoms. The standard InChI is InChI=1S/C21H26N4O4/c1-28-18-7-4-6-16-14-24(10-5-11-29-21(16)18)20(27)15-25-19(26)12-17(13-22-25)23-8-2-3-9-23/h4,6-7,12-13H,2-3,5,8-11,14-15H2,1H3. The van der Waals surface area contributed by atoms with Crippen LogP contribution < -0.4 is 19.9 Å². The minimum absolute atomic E-state index is 0.0702. The van der Waals surface area contributed by atoms with E-state index in [1.54, 1.807) is 24.3 Å². The second kappa shape index (κ2) is 8.55. The molecule has 1 aromatic carbocycles. The maximum absolute atomic E-state index is 12.9. The Hall–Kier alpha value is -3.03. The fraction of sp³-hybridized carbons (Fsp3) is 0.476. The van der Waals surface area contributed by atoms with E-state index in [9.17, 15) is 9.59 Å². The summed E-state index contributed by atoms with van der Waals surface area (Å²) < 4.78 is 12.5. The highest BCUT2D eigenvalue weighted by molar-refractivity contribution is 5.76. The van der Waals surface area contributed by atoms with E-state index in [1.165, 1.54) is 4.68 Å². The van der Waals surface area contributed by atoms with Crippen molar-refractivity contribution in [1.29, 1.82) is 0 Å². The summed E-state index contributed by atoms with van der Waals surface area (Å²) in [6, 6.07) is 7.23. The van der Waals surface area contributed by atoms with Gasteiger partial charge in [-0.05, 0) is 25.3 Å². The van der Waals surface area contributed by atoms with Gasteiger partial charge in [0.1, 0.15) is 6.54 Å². The van der Waals surface area contributed by atoms with Crippen molar-refractivity contribution in [1.82, 2.24) is 14.7 Å². The van der Waals surface area contributed by atoms with E-state index in [4.69, 9.17) is 9.47 Å². The molecule has 29 heavy (non-hydrogen) atoms. The van der Waals surface area contributed by atoms with Crippen molar-refractivity contribution in [3.05, 3.63) is 46.4 Å². The number of methoxy groups -OCH3 is 1. The van der Waals surface area contributed by atoms with Gasteiger partial charge in [-0.1, -0.05) is 12.1 Å². The zero-order valence-corrected chi connectivity index (χ0v) is 16.7. The van der Waals surface area contributed by atoms with Crippen molar-refractivity contribution < 1.29 is 14.3 Å². The summed E-state index contributed by atoms with van der Waals surface area (Å²) in [5, 5.41) is 4.24. The molecule has 154 valence electrons. The molecule has 0 saturated carbocycles. The van der Waals surface area contributed by atoms with Gasteiger partial charge < -0.3 is 19.3 Å². The molecule has 2 aliphatic heterocycles. The van der Waals surface area contributed by atoms with Gasteiger partial charge >= 0.3 is 0 Å². The molecule has 0 atom stereocenters. The lowest BCUT2D eigenvalue weighted by molar-refractivity contribution is -0.133. The number of hydrogen-bond donors (Lipinski definition) is 0. The molecule has 0 radical (unpaired) electrons. The predicted octanol–water partition coefficient (Wildman–Crippen LogP) is 1.66. The maximum Gasteiger partial charge on any atom is 0.269 e. The first-order valence-corrected chi connectivity index (χ1v) is 10.0. The van der Waals surface area contributed by atoms with Crippen LogP contribution in [0.15, 0.2) is 35.3 Å². The summed E-state index contributed by atoms with van der Waals surface area (Å²) in [6.07, 6.45) is 4.65. The average Bonchev–Trinajstić information content (AvgIpc) is 3.24. The Morgan fingerprint density at radius 3 is 2.79 bits per heavy atom. The maximum atomic E-state index is 12.9. The molecule has 0 bridgehead atoms. The molecule has 1 aromatic heterocycles. The third kappa shape index (κ3) is 4.21. The number of nitrogens with zero attached hydrogens (tertiary/aromatic N) is 4. The van der Waals surface area contributed by atoms with E-state index in [-0.39, 0.29) is 18.0 Å². The Kier molecular flexibility index (Phi) is 5.69.